The molecule has 3 aromatic rings. The molecule has 0 atom stereocenters. The molecule has 13 heteroatoms. The first-order valence-electron chi connectivity index (χ1n) is 8.64. The molecule has 0 amide bonds. The first-order valence-corrected chi connectivity index (χ1v) is 13.3. The number of hydrogen-bond donors (Lipinski definition) is 2. The zero-order valence-electron chi connectivity index (χ0n) is 15.3. The first-order chi connectivity index (χ1) is 15.4. The zero-order chi connectivity index (χ0) is 24.1. The van der Waals surface area contributed by atoms with Gasteiger partial charge in [0, 0.05) is 10.6 Å². The molecule has 0 radical (unpaired) electrons. The molecule has 2 heterocycles. The van der Waals surface area contributed by atoms with Crippen LogP contribution < -0.4 is 4.74 Å². The number of rotatable bonds is 0. The summed E-state index contributed by atoms with van der Waals surface area (Å²) in [5, 5.41) is 21.4. The molecule has 33 heavy (non-hydrogen) atoms. The van der Waals surface area contributed by atoms with Gasteiger partial charge in [-0.3, -0.25) is 0 Å². The Hall–Kier alpha value is -0.390. The standard InChI is InChI=1S/C20H4Br4Cl4O5/c21-9-13(27)7-17(11(23)15(9)29)32-18-8(14(28)10(22)16(30)12(18)24)20(7)6-4(26)2-1-3(25)5(6)19(31)33-20/h1-2,29-30H. The van der Waals surface area contributed by atoms with Crippen LogP contribution in [-0.2, 0) is 10.3 Å². The number of ether oxygens (including phenoxy) is 2. The highest BCUT2D eigenvalue weighted by Gasteiger charge is 2.59. The van der Waals surface area contributed by atoms with Gasteiger partial charge >= 0.3 is 5.97 Å². The summed E-state index contributed by atoms with van der Waals surface area (Å²) in [6.45, 7) is 0. The predicted molar refractivity (Wildman–Crippen MR) is 139 cm³/mol. The summed E-state index contributed by atoms with van der Waals surface area (Å²) >= 11 is 39.6. The molecule has 2 aliphatic rings. The SMILES string of the molecule is O=C1OC2(c3c(Cl)c(Br)c(O)c(Br)c3Oc3c(Br)c(O)c(Br)c(Cl)c32)c2c(Cl)ccc(Cl)c21. The molecule has 5 rings (SSSR count). The van der Waals surface area contributed by atoms with Gasteiger partial charge in [-0.15, -0.1) is 0 Å². The summed E-state index contributed by atoms with van der Waals surface area (Å²) in [7, 11) is 0. The van der Waals surface area contributed by atoms with Crippen molar-refractivity contribution in [2.24, 2.45) is 0 Å². The van der Waals surface area contributed by atoms with Gasteiger partial charge in [-0.05, 0) is 75.9 Å². The van der Waals surface area contributed by atoms with Crippen LogP contribution in [0.2, 0.25) is 20.1 Å². The van der Waals surface area contributed by atoms with Crippen molar-refractivity contribution in [3.8, 4) is 23.0 Å². The zero-order valence-corrected chi connectivity index (χ0v) is 24.7. The Balaban J connectivity index is 2.10. The molecule has 0 fully saturated rings. The Morgan fingerprint density at radius 1 is 0.727 bits per heavy atom. The van der Waals surface area contributed by atoms with Crippen molar-refractivity contribution in [3.05, 3.63) is 72.4 Å². The van der Waals surface area contributed by atoms with Gasteiger partial charge < -0.3 is 19.7 Å². The van der Waals surface area contributed by atoms with E-state index in [2.05, 4.69) is 63.7 Å². The van der Waals surface area contributed by atoms with Gasteiger partial charge in [0.2, 0.25) is 5.60 Å². The summed E-state index contributed by atoms with van der Waals surface area (Å²) in [6.07, 6.45) is 0. The maximum Gasteiger partial charge on any atom is 0.341 e. The van der Waals surface area contributed by atoms with Crippen LogP contribution in [-0.4, -0.2) is 16.2 Å². The van der Waals surface area contributed by atoms with Gasteiger partial charge in [-0.2, -0.15) is 0 Å². The van der Waals surface area contributed by atoms with Crippen molar-refractivity contribution in [3.63, 3.8) is 0 Å². The minimum atomic E-state index is -1.84. The molecule has 2 N–H and O–H groups in total. The van der Waals surface area contributed by atoms with Crippen LogP contribution in [0.4, 0.5) is 0 Å². The van der Waals surface area contributed by atoms with Crippen molar-refractivity contribution in [1.29, 1.82) is 0 Å². The maximum atomic E-state index is 13.2. The van der Waals surface area contributed by atoms with Gasteiger partial charge in [-0.1, -0.05) is 46.4 Å². The van der Waals surface area contributed by atoms with E-state index in [0.717, 1.165) is 0 Å². The summed E-state index contributed by atoms with van der Waals surface area (Å²) in [5.74, 6) is -1.26. The summed E-state index contributed by atoms with van der Waals surface area (Å²) in [4.78, 5) is 13.2. The fraction of sp³-hybridized carbons (Fsp3) is 0.0500. The van der Waals surface area contributed by atoms with Crippen molar-refractivity contribution in [2.45, 2.75) is 5.60 Å². The van der Waals surface area contributed by atoms with Crippen molar-refractivity contribution in [2.75, 3.05) is 0 Å². The number of carbonyl (C=O) groups excluding carboxylic acids is 1. The number of fused-ring (bicyclic) bond motifs is 6. The number of hydrogen-bond acceptors (Lipinski definition) is 5. The highest BCUT2D eigenvalue weighted by Crippen LogP contribution is 2.67. The normalized spacial score (nSPS) is 15.1. The van der Waals surface area contributed by atoms with E-state index in [1.54, 1.807) is 0 Å². The third-order valence-electron chi connectivity index (χ3n) is 5.32. The molecule has 0 aromatic heterocycles. The van der Waals surface area contributed by atoms with E-state index in [-0.39, 0.29) is 83.2 Å². The number of halogens is 8. The van der Waals surface area contributed by atoms with Gasteiger partial charge in [0.15, 0.2) is 11.5 Å². The van der Waals surface area contributed by atoms with Crippen LogP contribution in [0.15, 0.2) is 30.0 Å². The second-order valence-electron chi connectivity index (χ2n) is 6.94. The highest BCUT2D eigenvalue weighted by molar-refractivity contribution is 9.11. The van der Waals surface area contributed by atoms with E-state index in [4.69, 9.17) is 55.9 Å². The van der Waals surface area contributed by atoms with Crippen LogP contribution in [0.3, 0.4) is 0 Å². The molecule has 0 saturated carbocycles. The topological polar surface area (TPSA) is 76.0 Å². The molecule has 3 aromatic carbocycles. The Labute approximate surface area is 239 Å². The van der Waals surface area contributed by atoms with Gasteiger partial charge in [0.1, 0.15) is 20.4 Å². The Morgan fingerprint density at radius 3 is 1.67 bits per heavy atom. The molecule has 5 nitrogen and oxygen atoms in total. The van der Waals surface area contributed by atoms with Gasteiger partial charge in [0.25, 0.3) is 0 Å². The molecule has 1 spiro atoms. The van der Waals surface area contributed by atoms with E-state index in [1.165, 1.54) is 12.1 Å². The minimum absolute atomic E-state index is 0.0170. The Morgan fingerprint density at radius 2 is 1.18 bits per heavy atom. The summed E-state index contributed by atoms with van der Waals surface area (Å²) in [5.41, 5.74) is -1.36. The molecule has 170 valence electrons. The largest absolute Gasteiger partial charge is 0.505 e. The van der Waals surface area contributed by atoms with Crippen LogP contribution in [0.1, 0.15) is 27.0 Å². The maximum absolute atomic E-state index is 13.2. The molecular formula is C20H4Br4Cl4O5. The van der Waals surface area contributed by atoms with Crippen molar-refractivity contribution in [1.82, 2.24) is 0 Å². The van der Waals surface area contributed by atoms with E-state index in [9.17, 15) is 15.0 Å². The number of benzene rings is 3. The van der Waals surface area contributed by atoms with E-state index < -0.39 is 11.6 Å². The number of phenolic OH excluding ortho intramolecular Hbond substituents is 2. The number of esters is 1. The Bertz CT molecular complexity index is 1390. The number of phenols is 2. The summed E-state index contributed by atoms with van der Waals surface area (Å²) < 4.78 is 12.5. The molecule has 0 aliphatic carbocycles. The lowest BCUT2D eigenvalue weighted by Gasteiger charge is -2.39. The lowest BCUT2D eigenvalue weighted by molar-refractivity contribution is 0.0224. The molecular weight excluding hydrogens is 782 g/mol. The third kappa shape index (κ3) is 3.03. The smallest absolute Gasteiger partial charge is 0.341 e. The lowest BCUT2D eigenvalue weighted by Crippen LogP contribution is -2.34. The highest BCUT2D eigenvalue weighted by atomic mass is 79.9. The molecule has 0 saturated heterocycles. The van der Waals surface area contributed by atoms with Crippen LogP contribution in [0, 0.1) is 0 Å². The van der Waals surface area contributed by atoms with Gasteiger partial charge in [0.05, 0.1) is 40.7 Å². The van der Waals surface area contributed by atoms with E-state index in [0.29, 0.717) is 0 Å². The quantitative estimate of drug-likeness (QED) is 0.176. The lowest BCUT2D eigenvalue weighted by atomic mass is 9.77. The fourth-order valence-electron chi connectivity index (χ4n) is 3.99. The van der Waals surface area contributed by atoms with E-state index in [1.807, 2.05) is 0 Å². The first kappa shape index (κ1) is 24.3. The second-order valence-corrected chi connectivity index (χ2v) is 11.7. The molecule has 0 bridgehead atoms. The average molecular weight is 786 g/mol. The fourth-order valence-corrected chi connectivity index (χ4v) is 7.41. The second kappa shape index (κ2) is 8.06. The number of carbonyl (C=O) groups is 1. The monoisotopic (exact) mass is 780 g/mol. The van der Waals surface area contributed by atoms with Crippen molar-refractivity contribution >= 4 is 116 Å². The van der Waals surface area contributed by atoms with E-state index >= 15 is 0 Å². The molecule has 0 unspecified atom stereocenters. The van der Waals surface area contributed by atoms with Crippen molar-refractivity contribution < 1.29 is 24.5 Å². The van der Waals surface area contributed by atoms with Crippen LogP contribution in [0.5, 0.6) is 23.0 Å². The van der Waals surface area contributed by atoms with Crippen LogP contribution >= 0.6 is 110 Å². The average Bonchev–Trinajstić information content (AvgIpc) is 3.08. The van der Waals surface area contributed by atoms with Crippen LogP contribution in [0.25, 0.3) is 0 Å². The summed E-state index contributed by atoms with van der Waals surface area (Å²) in [6, 6.07) is 2.98. The minimum Gasteiger partial charge on any atom is -0.505 e. The third-order valence-corrected chi connectivity index (χ3v) is 10.2. The Kier molecular flexibility index (Phi) is 5.94. The number of aromatic hydroxyl groups is 2. The predicted octanol–water partition coefficient (Wildman–Crippen LogP) is 9.33. The van der Waals surface area contributed by atoms with Gasteiger partial charge in [-0.25, -0.2) is 4.79 Å². The molecule has 2 aliphatic heterocycles.